The van der Waals surface area contributed by atoms with Gasteiger partial charge in [0, 0.05) is 19.6 Å². The molecule has 1 aliphatic heterocycles. The summed E-state index contributed by atoms with van der Waals surface area (Å²) >= 11 is 0. The van der Waals surface area contributed by atoms with Crippen molar-refractivity contribution < 1.29 is 14.3 Å². The largest absolute Gasteiger partial charge is 0.412 e. The Morgan fingerprint density at radius 3 is 3.00 bits per heavy atom. The molecule has 1 saturated heterocycles. The van der Waals surface area contributed by atoms with Crippen molar-refractivity contribution in [2.75, 3.05) is 33.3 Å². The average Bonchev–Trinajstić information content (AvgIpc) is 2.40. The van der Waals surface area contributed by atoms with Gasteiger partial charge in [0.15, 0.2) is 0 Å². The molecule has 5 nitrogen and oxygen atoms in total. The quantitative estimate of drug-likeness (QED) is 0.895. The number of likely N-dealkylation sites (N-methyl/N-ethyl adjacent to an activating group) is 1. The average molecular weight is 264 g/mol. The van der Waals surface area contributed by atoms with Crippen molar-refractivity contribution in [3.8, 4) is 5.75 Å². The summed E-state index contributed by atoms with van der Waals surface area (Å²) < 4.78 is 10.7. The van der Waals surface area contributed by atoms with Crippen molar-refractivity contribution in [3.05, 3.63) is 30.3 Å². The third-order valence-corrected chi connectivity index (χ3v) is 3.03. The molecule has 2 rings (SSSR count). The maximum absolute atomic E-state index is 11.5. The lowest BCUT2D eigenvalue weighted by Crippen LogP contribution is -2.41. The van der Waals surface area contributed by atoms with Crippen molar-refractivity contribution in [3.63, 3.8) is 0 Å². The molecular formula is C14H20N2O3. The second-order valence-corrected chi connectivity index (χ2v) is 4.67. The third kappa shape index (κ3) is 4.89. The van der Waals surface area contributed by atoms with E-state index in [0.717, 1.165) is 26.1 Å². The maximum atomic E-state index is 11.5. The van der Waals surface area contributed by atoms with E-state index >= 15 is 0 Å². The summed E-state index contributed by atoms with van der Waals surface area (Å²) in [6.45, 7) is 3.20. The molecule has 0 spiro atoms. The number of rotatable bonds is 4. The van der Waals surface area contributed by atoms with Crippen LogP contribution in [0.2, 0.25) is 0 Å². The number of nitrogens with zero attached hydrogens (tertiary/aromatic N) is 1. The Morgan fingerprint density at radius 2 is 2.26 bits per heavy atom. The Bertz CT molecular complexity index is 397. The fourth-order valence-corrected chi connectivity index (χ4v) is 2.01. The molecule has 5 heteroatoms. The second-order valence-electron chi connectivity index (χ2n) is 4.67. The Labute approximate surface area is 113 Å². The summed E-state index contributed by atoms with van der Waals surface area (Å²) in [5.41, 5.74) is 0. The molecule has 19 heavy (non-hydrogen) atoms. The monoisotopic (exact) mass is 264 g/mol. The predicted molar refractivity (Wildman–Crippen MR) is 72.3 cm³/mol. The SMILES string of the molecule is CN1CCOC(CCNC(=O)Oc2ccccc2)C1. The van der Waals surface area contributed by atoms with Crippen LogP contribution in [0.5, 0.6) is 5.75 Å². The zero-order valence-corrected chi connectivity index (χ0v) is 11.2. The molecule has 1 aromatic rings. The Morgan fingerprint density at radius 1 is 1.47 bits per heavy atom. The van der Waals surface area contributed by atoms with E-state index in [1.807, 2.05) is 18.2 Å². The number of amides is 1. The van der Waals surface area contributed by atoms with Gasteiger partial charge in [-0.25, -0.2) is 4.79 Å². The van der Waals surface area contributed by atoms with Crippen molar-refractivity contribution in [1.29, 1.82) is 0 Å². The molecule has 1 atom stereocenters. The number of carbonyl (C=O) groups is 1. The lowest BCUT2D eigenvalue weighted by Gasteiger charge is -2.29. The van der Waals surface area contributed by atoms with E-state index in [1.54, 1.807) is 12.1 Å². The first kappa shape index (κ1) is 13.8. The lowest BCUT2D eigenvalue weighted by molar-refractivity contribution is -0.0225. The minimum Gasteiger partial charge on any atom is -0.410 e. The first-order chi connectivity index (χ1) is 9.24. The number of morpholine rings is 1. The smallest absolute Gasteiger partial charge is 0.410 e. The highest BCUT2D eigenvalue weighted by Crippen LogP contribution is 2.09. The fourth-order valence-electron chi connectivity index (χ4n) is 2.01. The molecule has 1 fully saturated rings. The van der Waals surface area contributed by atoms with Crippen LogP contribution in [0.25, 0.3) is 0 Å². The van der Waals surface area contributed by atoms with Crippen molar-refractivity contribution >= 4 is 6.09 Å². The normalized spacial score (nSPS) is 19.9. The van der Waals surface area contributed by atoms with Crippen molar-refractivity contribution in [2.45, 2.75) is 12.5 Å². The van der Waals surface area contributed by atoms with Crippen LogP contribution in [-0.2, 0) is 4.74 Å². The first-order valence-corrected chi connectivity index (χ1v) is 6.55. The molecule has 1 heterocycles. The Hall–Kier alpha value is -1.59. The van der Waals surface area contributed by atoms with Crippen LogP contribution in [0.15, 0.2) is 30.3 Å². The van der Waals surface area contributed by atoms with E-state index in [0.29, 0.717) is 12.3 Å². The number of hydrogen-bond donors (Lipinski definition) is 1. The molecule has 0 bridgehead atoms. The molecule has 1 aromatic carbocycles. The minimum absolute atomic E-state index is 0.191. The van der Waals surface area contributed by atoms with Crippen LogP contribution in [0.3, 0.4) is 0 Å². The number of ether oxygens (including phenoxy) is 2. The van der Waals surface area contributed by atoms with Crippen LogP contribution in [-0.4, -0.2) is 50.4 Å². The summed E-state index contributed by atoms with van der Waals surface area (Å²) in [6, 6.07) is 9.03. The van der Waals surface area contributed by atoms with Gasteiger partial charge in [0.1, 0.15) is 5.75 Å². The van der Waals surface area contributed by atoms with Gasteiger partial charge in [-0.3, -0.25) is 0 Å². The number of carbonyl (C=O) groups excluding carboxylic acids is 1. The summed E-state index contributed by atoms with van der Waals surface area (Å²) in [4.78, 5) is 13.8. The summed E-state index contributed by atoms with van der Waals surface area (Å²) in [7, 11) is 2.08. The van der Waals surface area contributed by atoms with E-state index in [-0.39, 0.29) is 6.10 Å². The standard InChI is InChI=1S/C14H20N2O3/c1-16-9-10-18-13(11-16)7-8-15-14(17)19-12-5-3-2-4-6-12/h2-6,13H,7-11H2,1H3,(H,15,17). The number of nitrogens with one attached hydrogen (secondary N) is 1. The van der Waals surface area contributed by atoms with E-state index in [4.69, 9.17) is 9.47 Å². The van der Waals surface area contributed by atoms with Gasteiger partial charge in [0.05, 0.1) is 12.7 Å². The lowest BCUT2D eigenvalue weighted by atomic mass is 10.2. The predicted octanol–water partition coefficient (Wildman–Crippen LogP) is 1.50. The minimum atomic E-state index is -0.421. The van der Waals surface area contributed by atoms with Gasteiger partial charge in [-0.1, -0.05) is 18.2 Å². The van der Waals surface area contributed by atoms with E-state index in [9.17, 15) is 4.79 Å². The summed E-state index contributed by atoms with van der Waals surface area (Å²) in [6.07, 6.45) is 0.569. The zero-order valence-electron chi connectivity index (χ0n) is 11.2. The van der Waals surface area contributed by atoms with Gasteiger partial charge < -0.3 is 19.7 Å². The molecule has 0 radical (unpaired) electrons. The molecule has 104 valence electrons. The van der Waals surface area contributed by atoms with Gasteiger partial charge >= 0.3 is 6.09 Å². The number of para-hydroxylation sites is 1. The molecule has 1 unspecified atom stereocenters. The molecule has 0 aliphatic carbocycles. The summed E-state index contributed by atoms with van der Waals surface area (Å²) in [5, 5.41) is 2.73. The second kappa shape index (κ2) is 7.11. The van der Waals surface area contributed by atoms with Crippen LogP contribution in [0.4, 0.5) is 4.79 Å². The summed E-state index contributed by atoms with van der Waals surface area (Å²) in [5.74, 6) is 0.550. The zero-order chi connectivity index (χ0) is 13.5. The van der Waals surface area contributed by atoms with E-state index in [2.05, 4.69) is 17.3 Å². The highest BCUT2D eigenvalue weighted by molar-refractivity contribution is 5.70. The molecular weight excluding hydrogens is 244 g/mol. The van der Waals surface area contributed by atoms with E-state index < -0.39 is 6.09 Å². The van der Waals surface area contributed by atoms with Gasteiger partial charge in [-0.15, -0.1) is 0 Å². The van der Waals surface area contributed by atoms with Crippen LogP contribution in [0, 0.1) is 0 Å². The molecule has 1 N–H and O–H groups in total. The molecule has 1 aliphatic rings. The van der Waals surface area contributed by atoms with Gasteiger partial charge in [-0.2, -0.15) is 0 Å². The first-order valence-electron chi connectivity index (χ1n) is 6.55. The molecule has 1 amide bonds. The van der Waals surface area contributed by atoms with Crippen molar-refractivity contribution in [2.24, 2.45) is 0 Å². The number of benzene rings is 1. The van der Waals surface area contributed by atoms with Crippen molar-refractivity contribution in [1.82, 2.24) is 10.2 Å². The molecule has 0 aromatic heterocycles. The Balaban J connectivity index is 1.64. The van der Waals surface area contributed by atoms with Gasteiger partial charge in [-0.05, 0) is 25.6 Å². The highest BCUT2D eigenvalue weighted by Gasteiger charge is 2.17. The Kier molecular flexibility index (Phi) is 5.18. The van der Waals surface area contributed by atoms with Crippen LogP contribution < -0.4 is 10.1 Å². The topological polar surface area (TPSA) is 50.8 Å². The van der Waals surface area contributed by atoms with E-state index in [1.165, 1.54) is 0 Å². The highest BCUT2D eigenvalue weighted by atomic mass is 16.6. The van der Waals surface area contributed by atoms with Gasteiger partial charge in [0.25, 0.3) is 0 Å². The fraction of sp³-hybridized carbons (Fsp3) is 0.500. The van der Waals surface area contributed by atoms with Crippen LogP contribution >= 0.6 is 0 Å². The maximum Gasteiger partial charge on any atom is 0.412 e. The van der Waals surface area contributed by atoms with Crippen LogP contribution in [0.1, 0.15) is 6.42 Å². The third-order valence-electron chi connectivity index (χ3n) is 3.03. The number of hydrogen-bond acceptors (Lipinski definition) is 4. The molecule has 0 saturated carbocycles. The van der Waals surface area contributed by atoms with Gasteiger partial charge in [0.2, 0.25) is 0 Å².